The van der Waals surface area contributed by atoms with Crippen LogP contribution in [0.15, 0.2) is 77.7 Å². The van der Waals surface area contributed by atoms with Crippen LogP contribution < -0.4 is 11.1 Å². The smallest absolute Gasteiger partial charge is 0.240 e. The molecular weight excluding hydrogens is 372 g/mol. The summed E-state index contributed by atoms with van der Waals surface area (Å²) >= 11 is 0. The van der Waals surface area contributed by atoms with Gasteiger partial charge in [-0.25, -0.2) is 0 Å². The molecule has 0 radical (unpaired) electrons. The van der Waals surface area contributed by atoms with Gasteiger partial charge in [0.2, 0.25) is 11.8 Å². The lowest BCUT2D eigenvalue weighted by Gasteiger charge is -2.15. The fourth-order valence-corrected chi connectivity index (χ4v) is 4.13. The molecule has 0 saturated carbocycles. The summed E-state index contributed by atoms with van der Waals surface area (Å²) in [6.07, 6.45) is 0.372. The first-order valence-electron chi connectivity index (χ1n) is 9.03. The third kappa shape index (κ3) is 5.27. The highest BCUT2D eigenvalue weighted by molar-refractivity contribution is 7.85. The number of carbonyl (C=O) groups excluding carboxylic acids is 2. The number of fused-ring (bicyclic) bond motifs is 1. The monoisotopic (exact) mass is 394 g/mol. The van der Waals surface area contributed by atoms with Gasteiger partial charge in [0.25, 0.3) is 0 Å². The number of nitrogens with two attached hydrogens (primary N) is 1. The molecule has 28 heavy (non-hydrogen) atoms. The van der Waals surface area contributed by atoms with Crippen molar-refractivity contribution in [2.45, 2.75) is 23.8 Å². The summed E-state index contributed by atoms with van der Waals surface area (Å²) < 4.78 is 12.3. The van der Waals surface area contributed by atoms with Crippen molar-refractivity contribution in [1.29, 1.82) is 0 Å². The first-order chi connectivity index (χ1) is 13.5. The van der Waals surface area contributed by atoms with E-state index in [0.717, 1.165) is 16.3 Å². The summed E-state index contributed by atoms with van der Waals surface area (Å²) in [6, 6.07) is 21.9. The van der Waals surface area contributed by atoms with E-state index in [1.54, 1.807) is 12.1 Å². The van der Waals surface area contributed by atoms with Gasteiger partial charge in [-0.05, 0) is 34.9 Å². The molecule has 0 aliphatic carbocycles. The van der Waals surface area contributed by atoms with Crippen molar-refractivity contribution < 1.29 is 13.8 Å². The van der Waals surface area contributed by atoms with Gasteiger partial charge in [0, 0.05) is 10.6 Å². The van der Waals surface area contributed by atoms with Crippen molar-refractivity contribution in [1.82, 2.24) is 5.32 Å². The van der Waals surface area contributed by atoms with Gasteiger partial charge in [0.05, 0.1) is 17.2 Å². The lowest BCUT2D eigenvalue weighted by atomic mass is 10.0. The number of nitrogens with one attached hydrogen (secondary N) is 1. The van der Waals surface area contributed by atoms with Crippen LogP contribution in [0.1, 0.15) is 12.0 Å². The van der Waals surface area contributed by atoms with Crippen molar-refractivity contribution >= 4 is 33.4 Å². The molecule has 3 rings (SSSR count). The van der Waals surface area contributed by atoms with Crippen LogP contribution >= 0.6 is 0 Å². The Bertz CT molecular complexity index is 1000. The van der Waals surface area contributed by atoms with E-state index in [9.17, 15) is 13.8 Å². The minimum Gasteiger partial charge on any atom is -0.368 e. The van der Waals surface area contributed by atoms with Crippen molar-refractivity contribution in [3.8, 4) is 0 Å². The van der Waals surface area contributed by atoms with Crippen LogP contribution in [0.25, 0.3) is 10.8 Å². The summed E-state index contributed by atoms with van der Waals surface area (Å²) in [5.74, 6) is -0.671. The quantitative estimate of drug-likeness (QED) is 0.615. The predicted octanol–water partition coefficient (Wildman–Crippen LogP) is 2.55. The van der Waals surface area contributed by atoms with Gasteiger partial charge in [-0.2, -0.15) is 0 Å². The van der Waals surface area contributed by atoms with Crippen LogP contribution in [0.3, 0.4) is 0 Å². The van der Waals surface area contributed by atoms with E-state index in [2.05, 4.69) is 5.32 Å². The van der Waals surface area contributed by atoms with E-state index in [0.29, 0.717) is 4.90 Å². The Morgan fingerprint density at radius 2 is 1.61 bits per heavy atom. The normalized spacial score (nSPS) is 13.0. The van der Waals surface area contributed by atoms with Gasteiger partial charge in [0.1, 0.15) is 6.04 Å². The van der Waals surface area contributed by atoms with Gasteiger partial charge in [-0.15, -0.1) is 0 Å². The van der Waals surface area contributed by atoms with Crippen molar-refractivity contribution in [3.63, 3.8) is 0 Å². The van der Waals surface area contributed by atoms with Gasteiger partial charge in [0.15, 0.2) is 0 Å². The van der Waals surface area contributed by atoms with Gasteiger partial charge >= 0.3 is 0 Å². The Labute approximate surface area is 166 Å². The fourth-order valence-electron chi connectivity index (χ4n) is 2.98. The molecule has 0 saturated heterocycles. The largest absolute Gasteiger partial charge is 0.368 e. The Kier molecular flexibility index (Phi) is 6.55. The molecule has 3 aromatic carbocycles. The van der Waals surface area contributed by atoms with Crippen LogP contribution in [0, 0.1) is 0 Å². The molecule has 2 atom stereocenters. The molecule has 6 heteroatoms. The number of benzene rings is 3. The molecule has 3 aromatic rings. The van der Waals surface area contributed by atoms with Gasteiger partial charge < -0.3 is 11.1 Å². The summed E-state index contributed by atoms with van der Waals surface area (Å²) in [5, 5.41) is 4.83. The van der Waals surface area contributed by atoms with Gasteiger partial charge in [-0.3, -0.25) is 13.8 Å². The molecule has 0 aliphatic rings. The third-order valence-electron chi connectivity index (χ3n) is 4.46. The van der Waals surface area contributed by atoms with Crippen LogP contribution in [-0.4, -0.2) is 27.8 Å². The molecule has 0 fully saturated rings. The van der Waals surface area contributed by atoms with Gasteiger partial charge in [-0.1, -0.05) is 60.7 Å². The Morgan fingerprint density at radius 1 is 0.929 bits per heavy atom. The minimum absolute atomic E-state index is 0.149. The zero-order chi connectivity index (χ0) is 19.9. The standard InChI is InChI=1S/C22H22N2O3S/c23-22(26)20(12-13-28(27)19-8-2-1-3-9-19)24-21(25)15-16-10-11-17-6-4-5-7-18(17)14-16/h1-11,14,20H,12-13,15H2,(H2,23,26)(H,24,25)/t20-,28-/m0/s1. The summed E-state index contributed by atoms with van der Waals surface area (Å²) in [4.78, 5) is 24.8. The number of amides is 2. The lowest BCUT2D eigenvalue weighted by molar-refractivity contribution is -0.127. The number of rotatable bonds is 8. The second kappa shape index (κ2) is 9.28. The molecule has 5 nitrogen and oxygen atoms in total. The molecule has 0 bridgehead atoms. The molecule has 0 aliphatic heterocycles. The summed E-state index contributed by atoms with van der Waals surface area (Å²) in [6.45, 7) is 0. The van der Waals surface area contributed by atoms with Crippen molar-refractivity contribution in [2.75, 3.05) is 5.75 Å². The predicted molar refractivity (Wildman–Crippen MR) is 111 cm³/mol. The molecule has 0 aromatic heterocycles. The topological polar surface area (TPSA) is 89.3 Å². The number of primary amides is 1. The minimum atomic E-state index is -1.25. The highest BCUT2D eigenvalue weighted by atomic mass is 32.2. The number of carbonyl (C=O) groups is 2. The average Bonchev–Trinajstić information content (AvgIpc) is 2.71. The Balaban J connectivity index is 1.59. The second-order valence-corrected chi connectivity index (χ2v) is 8.10. The first kappa shape index (κ1) is 19.8. The maximum Gasteiger partial charge on any atom is 0.240 e. The summed E-state index contributed by atoms with van der Waals surface area (Å²) in [7, 11) is -1.25. The molecule has 144 valence electrons. The maximum atomic E-state index is 12.4. The number of hydrogen-bond acceptors (Lipinski definition) is 3. The van der Waals surface area contributed by atoms with E-state index in [1.807, 2.05) is 60.7 Å². The fraction of sp³-hybridized carbons (Fsp3) is 0.182. The van der Waals surface area contributed by atoms with E-state index in [4.69, 9.17) is 5.73 Å². The zero-order valence-electron chi connectivity index (χ0n) is 15.3. The SMILES string of the molecule is NC(=O)[C@H](CC[S@](=O)c1ccccc1)NC(=O)Cc1ccc2ccccc2c1. The zero-order valence-corrected chi connectivity index (χ0v) is 16.2. The molecular formula is C22H22N2O3S. The molecule has 2 amide bonds. The van der Waals surface area contributed by atoms with E-state index in [-0.39, 0.29) is 24.5 Å². The van der Waals surface area contributed by atoms with Crippen molar-refractivity contribution in [3.05, 3.63) is 78.4 Å². The molecule has 0 unspecified atom stereocenters. The van der Waals surface area contributed by atoms with Crippen LogP contribution in [0.5, 0.6) is 0 Å². The highest BCUT2D eigenvalue weighted by Crippen LogP contribution is 2.16. The second-order valence-electron chi connectivity index (χ2n) is 6.53. The highest BCUT2D eigenvalue weighted by Gasteiger charge is 2.19. The third-order valence-corrected chi connectivity index (χ3v) is 5.86. The Morgan fingerprint density at radius 3 is 2.32 bits per heavy atom. The number of hydrogen-bond donors (Lipinski definition) is 2. The lowest BCUT2D eigenvalue weighted by Crippen LogP contribution is -2.45. The maximum absolute atomic E-state index is 12.4. The summed E-state index contributed by atoms with van der Waals surface area (Å²) in [5.41, 5.74) is 6.28. The van der Waals surface area contributed by atoms with Crippen LogP contribution in [0.2, 0.25) is 0 Å². The first-order valence-corrected chi connectivity index (χ1v) is 10.3. The van der Waals surface area contributed by atoms with Crippen LogP contribution in [0.4, 0.5) is 0 Å². The van der Waals surface area contributed by atoms with E-state index in [1.165, 1.54) is 0 Å². The van der Waals surface area contributed by atoms with E-state index >= 15 is 0 Å². The Hall–Kier alpha value is -2.99. The average molecular weight is 394 g/mol. The van der Waals surface area contributed by atoms with E-state index < -0.39 is 22.7 Å². The van der Waals surface area contributed by atoms with Crippen molar-refractivity contribution in [2.24, 2.45) is 5.73 Å². The molecule has 3 N–H and O–H groups in total. The molecule has 0 spiro atoms. The van der Waals surface area contributed by atoms with Crippen LogP contribution in [-0.2, 0) is 26.8 Å². The molecule has 0 heterocycles.